The Labute approximate surface area is 137 Å². The molecule has 2 unspecified atom stereocenters. The van der Waals surface area contributed by atoms with Crippen LogP contribution in [0.2, 0.25) is 0 Å². The van der Waals surface area contributed by atoms with E-state index >= 15 is 0 Å². The van der Waals surface area contributed by atoms with Gasteiger partial charge in [0.2, 0.25) is 0 Å². The van der Waals surface area contributed by atoms with Crippen LogP contribution in [0, 0.1) is 0 Å². The van der Waals surface area contributed by atoms with Gasteiger partial charge in [0.1, 0.15) is 5.75 Å². The number of halogens is 1. The molecule has 0 aromatic heterocycles. The van der Waals surface area contributed by atoms with Gasteiger partial charge in [-0.2, -0.15) is 0 Å². The first kappa shape index (κ1) is 18.5. The summed E-state index contributed by atoms with van der Waals surface area (Å²) in [6.45, 7) is 4.46. The Kier molecular flexibility index (Phi) is 6.84. The van der Waals surface area contributed by atoms with E-state index in [-0.39, 0.29) is 30.1 Å². The zero-order valence-electron chi connectivity index (χ0n) is 13.0. The molecule has 0 radical (unpaired) electrons. The molecular weight excluding hydrogens is 304 g/mol. The molecule has 1 saturated heterocycles. The number of carbonyl (C=O) groups is 2. The fraction of sp³-hybridized carbons (Fsp3) is 0.500. The van der Waals surface area contributed by atoms with E-state index in [1.165, 1.54) is 6.92 Å². The molecule has 2 rings (SSSR count). The molecule has 1 heterocycles. The molecular formula is C16H23ClN2O3. The Bertz CT molecular complexity index is 536. The quantitative estimate of drug-likeness (QED) is 0.840. The van der Waals surface area contributed by atoms with Crippen molar-refractivity contribution in [1.82, 2.24) is 4.90 Å². The minimum atomic E-state index is -0.584. The second kappa shape index (κ2) is 8.15. The average molecular weight is 327 g/mol. The van der Waals surface area contributed by atoms with E-state index in [1.807, 2.05) is 0 Å². The second-order valence-electron chi connectivity index (χ2n) is 5.41. The molecule has 2 atom stereocenters. The first-order valence-corrected chi connectivity index (χ1v) is 7.31. The van der Waals surface area contributed by atoms with Gasteiger partial charge in [0.25, 0.3) is 5.91 Å². The predicted molar refractivity (Wildman–Crippen MR) is 87.6 cm³/mol. The van der Waals surface area contributed by atoms with Crippen molar-refractivity contribution >= 4 is 24.1 Å². The molecule has 6 heteroatoms. The predicted octanol–water partition coefficient (Wildman–Crippen LogP) is 2.03. The molecule has 5 nitrogen and oxygen atoms in total. The summed E-state index contributed by atoms with van der Waals surface area (Å²) < 4.78 is 5.69. The van der Waals surface area contributed by atoms with Crippen molar-refractivity contribution in [3.05, 3.63) is 29.8 Å². The molecule has 0 saturated carbocycles. The molecule has 1 amide bonds. The van der Waals surface area contributed by atoms with Crippen LogP contribution < -0.4 is 10.5 Å². The van der Waals surface area contributed by atoms with Gasteiger partial charge in [0.05, 0.1) is 0 Å². The summed E-state index contributed by atoms with van der Waals surface area (Å²) in [4.78, 5) is 25.6. The lowest BCUT2D eigenvalue weighted by molar-refractivity contribution is -0.138. The van der Waals surface area contributed by atoms with Crippen LogP contribution in [-0.2, 0) is 4.79 Å². The lowest BCUT2D eigenvalue weighted by atomic mass is 10.1. The van der Waals surface area contributed by atoms with E-state index < -0.39 is 6.10 Å². The summed E-state index contributed by atoms with van der Waals surface area (Å²) in [6, 6.07) is 7.01. The first-order valence-electron chi connectivity index (χ1n) is 7.31. The summed E-state index contributed by atoms with van der Waals surface area (Å²) in [5.74, 6) is 0.463. The van der Waals surface area contributed by atoms with Crippen LogP contribution in [-0.4, -0.2) is 41.8 Å². The van der Waals surface area contributed by atoms with E-state index in [4.69, 9.17) is 10.5 Å². The highest BCUT2D eigenvalue weighted by Gasteiger charge is 2.31. The standard InChI is InChI=1S/C16H22N2O3.ClH/c1-11(19)13-5-3-7-15(9-13)21-12(2)16(20)18-8-4-6-14(18)10-17;/h3,5,7,9,12,14H,4,6,8,10,17H2,1-2H3;1H. The number of amides is 1. The van der Waals surface area contributed by atoms with Crippen molar-refractivity contribution in [2.75, 3.05) is 13.1 Å². The van der Waals surface area contributed by atoms with E-state index in [9.17, 15) is 9.59 Å². The van der Waals surface area contributed by atoms with Crippen LogP contribution in [0.25, 0.3) is 0 Å². The zero-order valence-corrected chi connectivity index (χ0v) is 13.8. The van der Waals surface area contributed by atoms with E-state index in [2.05, 4.69) is 0 Å². The first-order chi connectivity index (χ1) is 10.0. The number of hydrogen-bond acceptors (Lipinski definition) is 4. The molecule has 1 aromatic rings. The summed E-state index contributed by atoms with van der Waals surface area (Å²) in [7, 11) is 0. The molecule has 1 aliphatic rings. The number of carbonyl (C=O) groups excluding carboxylic acids is 2. The number of Topliss-reactive ketones (excluding diaryl/α,β-unsaturated/α-hetero) is 1. The van der Waals surface area contributed by atoms with Gasteiger partial charge in [-0.1, -0.05) is 12.1 Å². The number of benzene rings is 1. The van der Waals surface area contributed by atoms with Gasteiger partial charge in [0, 0.05) is 24.7 Å². The maximum Gasteiger partial charge on any atom is 0.263 e. The molecule has 1 aliphatic heterocycles. The smallest absolute Gasteiger partial charge is 0.263 e. The second-order valence-corrected chi connectivity index (χ2v) is 5.41. The van der Waals surface area contributed by atoms with Crippen LogP contribution >= 0.6 is 12.4 Å². The molecule has 1 aromatic carbocycles. The van der Waals surface area contributed by atoms with Gasteiger partial charge >= 0.3 is 0 Å². The number of hydrogen-bond donors (Lipinski definition) is 1. The Hall–Kier alpha value is -1.59. The Morgan fingerprint density at radius 1 is 1.45 bits per heavy atom. The topological polar surface area (TPSA) is 72.6 Å². The minimum absolute atomic E-state index is 0. The highest BCUT2D eigenvalue weighted by Crippen LogP contribution is 2.20. The molecule has 1 fully saturated rings. The number of nitrogens with zero attached hydrogens (tertiary/aromatic N) is 1. The van der Waals surface area contributed by atoms with Gasteiger partial charge in [-0.3, -0.25) is 9.59 Å². The minimum Gasteiger partial charge on any atom is -0.481 e. The van der Waals surface area contributed by atoms with Crippen molar-refractivity contribution in [3.8, 4) is 5.75 Å². The van der Waals surface area contributed by atoms with Gasteiger partial charge < -0.3 is 15.4 Å². The lowest BCUT2D eigenvalue weighted by Crippen LogP contribution is -2.45. The van der Waals surface area contributed by atoms with Gasteiger partial charge in [-0.05, 0) is 38.8 Å². The van der Waals surface area contributed by atoms with Crippen molar-refractivity contribution in [1.29, 1.82) is 0 Å². The van der Waals surface area contributed by atoms with Gasteiger partial charge in [-0.15, -0.1) is 12.4 Å². The van der Waals surface area contributed by atoms with Crippen LogP contribution in [0.5, 0.6) is 5.75 Å². The van der Waals surface area contributed by atoms with Crippen LogP contribution in [0.4, 0.5) is 0 Å². The van der Waals surface area contributed by atoms with Crippen molar-refractivity contribution in [2.24, 2.45) is 5.73 Å². The monoisotopic (exact) mass is 326 g/mol. The normalized spacial score (nSPS) is 18.5. The van der Waals surface area contributed by atoms with Crippen LogP contribution in [0.1, 0.15) is 37.0 Å². The molecule has 0 bridgehead atoms. The zero-order chi connectivity index (χ0) is 15.4. The van der Waals surface area contributed by atoms with Gasteiger partial charge in [-0.25, -0.2) is 0 Å². The maximum atomic E-state index is 12.4. The van der Waals surface area contributed by atoms with Gasteiger partial charge in [0.15, 0.2) is 11.9 Å². The Morgan fingerprint density at radius 2 is 2.18 bits per heavy atom. The number of ketones is 1. The largest absolute Gasteiger partial charge is 0.481 e. The number of ether oxygens (including phenoxy) is 1. The summed E-state index contributed by atoms with van der Waals surface area (Å²) in [5.41, 5.74) is 6.27. The van der Waals surface area contributed by atoms with Crippen LogP contribution in [0.3, 0.4) is 0 Å². The van der Waals surface area contributed by atoms with E-state index in [1.54, 1.807) is 36.1 Å². The molecule has 122 valence electrons. The maximum absolute atomic E-state index is 12.4. The molecule has 2 N–H and O–H groups in total. The molecule has 0 spiro atoms. The third kappa shape index (κ3) is 4.21. The van der Waals surface area contributed by atoms with E-state index in [0.717, 1.165) is 19.4 Å². The summed E-state index contributed by atoms with van der Waals surface area (Å²) in [6.07, 6.45) is 1.36. The highest BCUT2D eigenvalue weighted by molar-refractivity contribution is 5.94. The summed E-state index contributed by atoms with van der Waals surface area (Å²) in [5, 5.41) is 0. The van der Waals surface area contributed by atoms with Crippen molar-refractivity contribution in [3.63, 3.8) is 0 Å². The number of likely N-dealkylation sites (tertiary alicyclic amines) is 1. The average Bonchev–Trinajstić information content (AvgIpc) is 2.95. The molecule has 0 aliphatic carbocycles. The third-order valence-electron chi connectivity index (χ3n) is 3.83. The third-order valence-corrected chi connectivity index (χ3v) is 3.83. The highest BCUT2D eigenvalue weighted by atomic mass is 35.5. The fourth-order valence-electron chi connectivity index (χ4n) is 2.65. The number of rotatable bonds is 5. The number of nitrogens with two attached hydrogens (primary N) is 1. The Morgan fingerprint density at radius 3 is 2.82 bits per heavy atom. The van der Waals surface area contributed by atoms with Crippen LogP contribution in [0.15, 0.2) is 24.3 Å². The lowest BCUT2D eigenvalue weighted by Gasteiger charge is -2.26. The SMILES string of the molecule is CC(=O)c1cccc(OC(C)C(=O)N2CCCC2CN)c1.Cl. The summed E-state index contributed by atoms with van der Waals surface area (Å²) >= 11 is 0. The van der Waals surface area contributed by atoms with Crippen molar-refractivity contribution < 1.29 is 14.3 Å². The van der Waals surface area contributed by atoms with E-state index in [0.29, 0.717) is 17.9 Å². The van der Waals surface area contributed by atoms with Crippen molar-refractivity contribution in [2.45, 2.75) is 38.8 Å². The molecule has 22 heavy (non-hydrogen) atoms. The Balaban J connectivity index is 0.00000242. The fourth-order valence-corrected chi connectivity index (χ4v) is 2.65.